The van der Waals surface area contributed by atoms with Crippen molar-refractivity contribution in [3.05, 3.63) is 45.1 Å². The summed E-state index contributed by atoms with van der Waals surface area (Å²) in [6.07, 6.45) is 0.922. The Bertz CT molecular complexity index is 982. The SMILES string of the molecule is CO[C@H]1CN(Cc2nc3ccsc3c(=O)[nH]2)C[C@H]1Cc1cc(C)no1.O=CO. The smallest absolute Gasteiger partial charge is 0.290 e. The van der Waals surface area contributed by atoms with Crippen molar-refractivity contribution in [2.75, 3.05) is 20.2 Å². The minimum atomic E-state index is -0.250. The first-order valence-corrected chi connectivity index (χ1v) is 9.63. The molecule has 28 heavy (non-hydrogen) atoms. The van der Waals surface area contributed by atoms with Crippen molar-refractivity contribution in [1.82, 2.24) is 20.0 Å². The number of fused-ring (bicyclic) bond motifs is 1. The summed E-state index contributed by atoms with van der Waals surface area (Å²) in [5.74, 6) is 1.91. The Kier molecular flexibility index (Phi) is 6.55. The van der Waals surface area contributed by atoms with E-state index in [2.05, 4.69) is 20.0 Å². The first kappa shape index (κ1) is 20.2. The third-order valence-corrected chi connectivity index (χ3v) is 5.54. The van der Waals surface area contributed by atoms with E-state index in [1.807, 2.05) is 24.4 Å². The van der Waals surface area contributed by atoms with E-state index in [9.17, 15) is 4.79 Å². The molecule has 0 aliphatic carbocycles. The molecule has 0 bridgehead atoms. The second-order valence-electron chi connectivity index (χ2n) is 6.62. The van der Waals surface area contributed by atoms with Crippen LogP contribution in [0.5, 0.6) is 0 Å². The maximum Gasteiger partial charge on any atom is 0.290 e. The van der Waals surface area contributed by atoms with Gasteiger partial charge in [0.15, 0.2) is 0 Å². The van der Waals surface area contributed by atoms with Crippen LogP contribution >= 0.6 is 11.3 Å². The fourth-order valence-electron chi connectivity index (χ4n) is 3.50. The molecule has 2 N–H and O–H groups in total. The van der Waals surface area contributed by atoms with Gasteiger partial charge in [0.05, 0.1) is 23.9 Å². The maximum absolute atomic E-state index is 12.1. The summed E-state index contributed by atoms with van der Waals surface area (Å²) < 4.78 is 11.7. The number of aromatic amines is 1. The molecule has 1 saturated heterocycles. The van der Waals surface area contributed by atoms with Gasteiger partial charge in [0.2, 0.25) is 0 Å². The van der Waals surface area contributed by atoms with Gasteiger partial charge in [0, 0.05) is 38.6 Å². The van der Waals surface area contributed by atoms with E-state index in [4.69, 9.17) is 19.2 Å². The average molecular weight is 406 g/mol. The molecule has 0 aromatic carbocycles. The number of carbonyl (C=O) groups is 1. The van der Waals surface area contributed by atoms with Crippen molar-refractivity contribution in [3.8, 4) is 0 Å². The highest BCUT2D eigenvalue weighted by Gasteiger charge is 2.34. The van der Waals surface area contributed by atoms with Gasteiger partial charge in [-0.1, -0.05) is 5.16 Å². The number of H-pyrrole nitrogens is 1. The van der Waals surface area contributed by atoms with E-state index >= 15 is 0 Å². The molecule has 9 nitrogen and oxygen atoms in total. The lowest BCUT2D eigenvalue weighted by Crippen LogP contribution is -2.25. The highest BCUT2D eigenvalue weighted by atomic mass is 32.1. The zero-order valence-corrected chi connectivity index (χ0v) is 16.4. The molecule has 0 spiro atoms. The van der Waals surface area contributed by atoms with Crippen LogP contribution in [-0.2, 0) is 22.5 Å². The molecule has 4 heterocycles. The Hall–Kier alpha value is -2.56. The van der Waals surface area contributed by atoms with Crippen molar-refractivity contribution in [2.45, 2.75) is 26.0 Å². The highest BCUT2D eigenvalue weighted by molar-refractivity contribution is 7.17. The molecule has 0 saturated carbocycles. The quantitative estimate of drug-likeness (QED) is 0.614. The summed E-state index contributed by atoms with van der Waals surface area (Å²) in [6, 6.07) is 3.86. The summed E-state index contributed by atoms with van der Waals surface area (Å²) >= 11 is 1.42. The molecular weight excluding hydrogens is 384 g/mol. The summed E-state index contributed by atoms with van der Waals surface area (Å²) in [6.45, 7) is 3.94. The van der Waals surface area contributed by atoms with Gasteiger partial charge in [0.1, 0.15) is 16.3 Å². The lowest BCUT2D eigenvalue weighted by atomic mass is 10.0. The Morgan fingerprint density at radius 3 is 2.96 bits per heavy atom. The Labute approximate surface area is 164 Å². The number of aromatic nitrogens is 3. The molecule has 1 aliphatic heterocycles. The first-order valence-electron chi connectivity index (χ1n) is 8.75. The molecule has 150 valence electrons. The van der Waals surface area contributed by atoms with Crippen molar-refractivity contribution in [2.24, 2.45) is 5.92 Å². The molecule has 0 radical (unpaired) electrons. The van der Waals surface area contributed by atoms with Crippen molar-refractivity contribution in [1.29, 1.82) is 0 Å². The average Bonchev–Trinajstić information content (AvgIpc) is 3.36. The molecular formula is C18H22N4O5S. The number of rotatable bonds is 5. The normalized spacial score (nSPS) is 19.5. The van der Waals surface area contributed by atoms with Gasteiger partial charge in [-0.05, 0) is 18.4 Å². The minimum absolute atomic E-state index is 0.0637. The number of nitrogens with zero attached hydrogens (tertiary/aromatic N) is 3. The lowest BCUT2D eigenvalue weighted by Gasteiger charge is -2.14. The third kappa shape index (κ3) is 4.64. The van der Waals surface area contributed by atoms with Gasteiger partial charge < -0.3 is 19.4 Å². The second kappa shape index (κ2) is 9.09. The van der Waals surface area contributed by atoms with Crippen molar-refractivity contribution >= 4 is 28.0 Å². The van der Waals surface area contributed by atoms with E-state index in [0.717, 1.165) is 36.5 Å². The monoisotopic (exact) mass is 406 g/mol. The zero-order valence-electron chi connectivity index (χ0n) is 15.6. The van der Waals surface area contributed by atoms with E-state index in [1.165, 1.54) is 11.3 Å². The number of nitrogens with one attached hydrogen (secondary N) is 1. The lowest BCUT2D eigenvalue weighted by molar-refractivity contribution is -0.122. The van der Waals surface area contributed by atoms with Gasteiger partial charge in [-0.2, -0.15) is 0 Å². The van der Waals surface area contributed by atoms with Gasteiger partial charge in [-0.3, -0.25) is 14.5 Å². The van der Waals surface area contributed by atoms with Crippen LogP contribution in [0.4, 0.5) is 0 Å². The molecule has 0 unspecified atom stereocenters. The topological polar surface area (TPSA) is 122 Å². The zero-order chi connectivity index (χ0) is 20.1. The van der Waals surface area contributed by atoms with Gasteiger partial charge in [-0.25, -0.2) is 4.98 Å². The van der Waals surface area contributed by atoms with Crippen LogP contribution in [0, 0.1) is 12.8 Å². The molecule has 1 aliphatic rings. The predicted octanol–water partition coefficient (Wildman–Crippen LogP) is 1.67. The number of thiophene rings is 1. The van der Waals surface area contributed by atoms with Crippen LogP contribution in [0.3, 0.4) is 0 Å². The van der Waals surface area contributed by atoms with Crippen molar-refractivity contribution < 1.29 is 19.2 Å². The highest BCUT2D eigenvalue weighted by Crippen LogP contribution is 2.25. The van der Waals surface area contributed by atoms with Gasteiger partial charge in [-0.15, -0.1) is 11.3 Å². The predicted molar refractivity (Wildman–Crippen MR) is 103 cm³/mol. The van der Waals surface area contributed by atoms with Crippen LogP contribution in [-0.4, -0.2) is 57.9 Å². The Morgan fingerprint density at radius 2 is 2.29 bits per heavy atom. The van der Waals surface area contributed by atoms with E-state index in [-0.39, 0.29) is 18.1 Å². The fraction of sp³-hybridized carbons (Fsp3) is 0.444. The standard InChI is InChI=1S/C17H20N4O3S.CH2O2/c1-10-5-12(24-20-10)6-11-7-21(8-14(11)23-2)9-15-18-13-3-4-25-16(13)17(22)19-15;2-1-3/h3-5,11,14H,6-9H2,1-2H3,(H,18,19,22);1H,(H,2,3)/t11-,14+;/m1./s1. The summed E-state index contributed by atoms with van der Waals surface area (Å²) in [5, 5.41) is 12.7. The number of methoxy groups -OCH3 is 1. The number of hydrogen-bond acceptors (Lipinski definition) is 8. The third-order valence-electron chi connectivity index (χ3n) is 4.64. The Morgan fingerprint density at radius 1 is 1.50 bits per heavy atom. The minimum Gasteiger partial charge on any atom is -0.483 e. The van der Waals surface area contributed by atoms with E-state index in [0.29, 0.717) is 23.0 Å². The molecule has 3 aromatic heterocycles. The number of ether oxygens (including phenoxy) is 1. The van der Waals surface area contributed by atoms with Crippen molar-refractivity contribution in [3.63, 3.8) is 0 Å². The fourth-order valence-corrected chi connectivity index (χ4v) is 4.22. The van der Waals surface area contributed by atoms with Crippen LogP contribution < -0.4 is 5.56 Å². The number of hydrogen-bond donors (Lipinski definition) is 2. The van der Waals surface area contributed by atoms with Gasteiger partial charge >= 0.3 is 0 Å². The molecule has 0 amide bonds. The molecule has 4 rings (SSSR count). The number of aryl methyl sites for hydroxylation is 1. The van der Waals surface area contributed by atoms with Crippen LogP contribution in [0.25, 0.3) is 10.2 Å². The summed E-state index contributed by atoms with van der Waals surface area (Å²) in [5.41, 5.74) is 1.59. The van der Waals surface area contributed by atoms with E-state index < -0.39 is 0 Å². The molecule has 3 aromatic rings. The summed E-state index contributed by atoms with van der Waals surface area (Å²) in [7, 11) is 1.74. The van der Waals surface area contributed by atoms with Gasteiger partial charge in [0.25, 0.3) is 12.0 Å². The number of carboxylic acid groups (broad SMARTS) is 1. The second-order valence-corrected chi connectivity index (χ2v) is 7.54. The largest absolute Gasteiger partial charge is 0.483 e. The number of likely N-dealkylation sites (tertiary alicyclic amines) is 1. The van der Waals surface area contributed by atoms with Crippen LogP contribution in [0.1, 0.15) is 17.3 Å². The Balaban J connectivity index is 0.000000706. The summed E-state index contributed by atoms with van der Waals surface area (Å²) in [4.78, 5) is 30.2. The van der Waals surface area contributed by atoms with Crippen LogP contribution in [0.2, 0.25) is 0 Å². The molecule has 10 heteroatoms. The maximum atomic E-state index is 12.1. The molecule has 2 atom stereocenters. The van der Waals surface area contributed by atoms with Crippen LogP contribution in [0.15, 0.2) is 26.8 Å². The first-order chi connectivity index (χ1) is 13.5. The molecule has 1 fully saturated rings. The van der Waals surface area contributed by atoms with E-state index in [1.54, 1.807) is 7.11 Å².